The van der Waals surface area contributed by atoms with E-state index >= 15 is 0 Å². The Hall–Kier alpha value is -2.64. The molecule has 2 rings (SSSR count). The summed E-state index contributed by atoms with van der Waals surface area (Å²) in [6.45, 7) is 5.14. The Bertz CT molecular complexity index is 824. The Morgan fingerprint density at radius 3 is 2.32 bits per heavy atom. The first-order valence-electron chi connectivity index (χ1n) is 7.44. The molecule has 0 atom stereocenters. The van der Waals surface area contributed by atoms with Crippen LogP contribution in [0.3, 0.4) is 0 Å². The van der Waals surface area contributed by atoms with Gasteiger partial charge in [0.25, 0.3) is 5.56 Å². The van der Waals surface area contributed by atoms with E-state index in [0.29, 0.717) is 11.4 Å². The maximum atomic E-state index is 12.4. The third-order valence-corrected chi connectivity index (χ3v) is 3.62. The maximum absolute atomic E-state index is 12.4. The number of benzene rings is 1. The molecule has 0 bridgehead atoms. The first-order chi connectivity index (χ1) is 11.5. The Morgan fingerprint density at radius 1 is 1.20 bits per heavy atom. The number of rotatable bonds is 5. The van der Waals surface area contributed by atoms with Crippen LogP contribution >= 0.6 is 0 Å². The Morgan fingerprint density at radius 2 is 1.80 bits per heavy atom. The minimum absolute atomic E-state index is 0.0440. The zero-order valence-electron chi connectivity index (χ0n) is 13.9. The number of hydrogen-bond acceptors (Lipinski definition) is 4. The summed E-state index contributed by atoms with van der Waals surface area (Å²) in [6, 6.07) is 6.48. The molecule has 0 aliphatic heterocycles. The molecule has 0 aliphatic carbocycles. The van der Waals surface area contributed by atoms with Crippen molar-refractivity contribution in [3.63, 3.8) is 0 Å². The van der Waals surface area contributed by atoms with E-state index in [4.69, 9.17) is 0 Å². The van der Waals surface area contributed by atoms with Crippen molar-refractivity contribution in [3.8, 4) is 5.75 Å². The average molecular weight is 354 g/mol. The van der Waals surface area contributed by atoms with Crippen molar-refractivity contribution in [3.05, 3.63) is 57.8 Å². The van der Waals surface area contributed by atoms with Gasteiger partial charge in [-0.25, -0.2) is 4.98 Å². The van der Waals surface area contributed by atoms with Crippen LogP contribution < -0.4 is 10.3 Å². The fourth-order valence-electron chi connectivity index (χ4n) is 2.42. The summed E-state index contributed by atoms with van der Waals surface area (Å²) < 4.78 is 40.4. The number of nitrogens with zero attached hydrogens (tertiary/aromatic N) is 1. The highest BCUT2D eigenvalue weighted by atomic mass is 19.4. The predicted octanol–water partition coefficient (Wildman–Crippen LogP) is 3.53. The van der Waals surface area contributed by atoms with E-state index in [0.717, 1.165) is 6.07 Å². The summed E-state index contributed by atoms with van der Waals surface area (Å²) in [6.07, 6.45) is -4.71. The van der Waals surface area contributed by atoms with Crippen molar-refractivity contribution < 1.29 is 22.7 Å². The van der Waals surface area contributed by atoms with Gasteiger partial charge in [-0.2, -0.15) is 0 Å². The minimum Gasteiger partial charge on any atom is -0.406 e. The standard InChI is InChI=1S/C17H17F3N2O3/c1-10-21-13(8-15(24)22-10)14(23)9-16(2,3)11-4-6-12(7-5-11)25-17(18,19)20/h4-8H,9H2,1-3H3,(H,21,22,24). The van der Waals surface area contributed by atoms with Crippen molar-refractivity contribution in [2.45, 2.75) is 39.0 Å². The number of H-pyrrole nitrogens is 1. The lowest BCUT2D eigenvalue weighted by Crippen LogP contribution is -2.24. The summed E-state index contributed by atoms with van der Waals surface area (Å²) in [5, 5.41) is 0. The van der Waals surface area contributed by atoms with Crippen LogP contribution in [0.5, 0.6) is 5.75 Å². The summed E-state index contributed by atoms with van der Waals surface area (Å²) >= 11 is 0. The average Bonchev–Trinajstić information content (AvgIpc) is 2.44. The Balaban J connectivity index is 2.17. The first kappa shape index (κ1) is 18.7. The summed E-state index contributed by atoms with van der Waals surface area (Å²) in [7, 11) is 0. The number of carbonyl (C=O) groups is 1. The summed E-state index contributed by atoms with van der Waals surface area (Å²) in [4.78, 5) is 30.3. The van der Waals surface area contributed by atoms with Crippen LogP contribution in [0.2, 0.25) is 0 Å². The number of ketones is 1. The maximum Gasteiger partial charge on any atom is 0.573 e. The van der Waals surface area contributed by atoms with E-state index in [1.165, 1.54) is 24.3 Å². The van der Waals surface area contributed by atoms with Gasteiger partial charge in [0.05, 0.1) is 0 Å². The number of alkyl halides is 3. The monoisotopic (exact) mass is 354 g/mol. The smallest absolute Gasteiger partial charge is 0.406 e. The summed E-state index contributed by atoms with van der Waals surface area (Å²) in [5.41, 5.74) is -0.350. The largest absolute Gasteiger partial charge is 0.573 e. The van der Waals surface area contributed by atoms with Crippen LogP contribution in [0.15, 0.2) is 35.1 Å². The highest BCUT2D eigenvalue weighted by Gasteiger charge is 2.31. The second-order valence-electron chi connectivity index (χ2n) is 6.27. The molecule has 0 amide bonds. The van der Waals surface area contributed by atoms with Gasteiger partial charge in [-0.15, -0.1) is 13.2 Å². The number of aromatic amines is 1. The fraction of sp³-hybridized carbons (Fsp3) is 0.353. The van der Waals surface area contributed by atoms with Crippen LogP contribution in [-0.2, 0) is 5.41 Å². The third kappa shape index (κ3) is 5.17. The zero-order chi connectivity index (χ0) is 18.8. The normalized spacial score (nSPS) is 12.1. The number of aromatic nitrogens is 2. The van der Waals surface area contributed by atoms with Gasteiger partial charge in [0.15, 0.2) is 5.78 Å². The Labute approximate surface area is 141 Å². The molecule has 0 saturated carbocycles. The van der Waals surface area contributed by atoms with Crippen LogP contribution in [0.4, 0.5) is 13.2 Å². The van der Waals surface area contributed by atoms with Crippen molar-refractivity contribution in [1.29, 1.82) is 0 Å². The van der Waals surface area contributed by atoms with Crippen LogP contribution in [0.25, 0.3) is 0 Å². The van der Waals surface area contributed by atoms with Gasteiger partial charge in [0, 0.05) is 12.5 Å². The van der Waals surface area contributed by atoms with E-state index in [9.17, 15) is 22.8 Å². The zero-order valence-corrected chi connectivity index (χ0v) is 13.9. The molecule has 0 radical (unpaired) electrons. The van der Waals surface area contributed by atoms with Crippen LogP contribution in [0.1, 0.15) is 42.1 Å². The van der Waals surface area contributed by atoms with Gasteiger partial charge < -0.3 is 9.72 Å². The number of halogens is 3. The lowest BCUT2D eigenvalue weighted by molar-refractivity contribution is -0.274. The van der Waals surface area contributed by atoms with Gasteiger partial charge in [-0.3, -0.25) is 9.59 Å². The number of carbonyl (C=O) groups excluding carboxylic acids is 1. The molecule has 8 heteroatoms. The lowest BCUT2D eigenvalue weighted by Gasteiger charge is -2.24. The number of hydrogen-bond donors (Lipinski definition) is 1. The molecule has 0 spiro atoms. The van der Waals surface area contributed by atoms with Gasteiger partial charge in [0.2, 0.25) is 0 Å². The molecule has 0 unspecified atom stereocenters. The molecular weight excluding hydrogens is 337 g/mol. The van der Waals surface area contributed by atoms with Crippen molar-refractivity contribution in [2.75, 3.05) is 0 Å². The SMILES string of the molecule is Cc1nc(C(=O)CC(C)(C)c2ccc(OC(F)(F)F)cc2)cc(=O)[nH]1. The fourth-order valence-corrected chi connectivity index (χ4v) is 2.42. The molecular formula is C17H17F3N2O3. The predicted molar refractivity (Wildman–Crippen MR) is 84.7 cm³/mol. The number of aryl methyl sites for hydroxylation is 1. The first-order valence-corrected chi connectivity index (χ1v) is 7.44. The van der Waals surface area contributed by atoms with Gasteiger partial charge in [-0.1, -0.05) is 26.0 Å². The number of Topliss-reactive ketones (excluding diaryl/α,β-unsaturated/α-hetero) is 1. The van der Waals surface area contributed by atoms with Gasteiger partial charge in [-0.05, 0) is 30.0 Å². The van der Waals surface area contributed by atoms with E-state index < -0.39 is 17.3 Å². The lowest BCUT2D eigenvalue weighted by atomic mass is 9.79. The molecule has 0 fully saturated rings. The number of ether oxygens (including phenoxy) is 1. The summed E-state index contributed by atoms with van der Waals surface area (Å²) in [5.74, 6) is -0.317. The van der Waals surface area contributed by atoms with Gasteiger partial charge >= 0.3 is 6.36 Å². The van der Waals surface area contributed by atoms with E-state index in [2.05, 4.69) is 14.7 Å². The van der Waals surface area contributed by atoms with E-state index in [-0.39, 0.29) is 23.6 Å². The second-order valence-corrected chi connectivity index (χ2v) is 6.27. The number of nitrogens with one attached hydrogen (secondary N) is 1. The third-order valence-electron chi connectivity index (χ3n) is 3.62. The van der Waals surface area contributed by atoms with Crippen molar-refractivity contribution in [1.82, 2.24) is 9.97 Å². The molecule has 5 nitrogen and oxygen atoms in total. The molecule has 0 saturated heterocycles. The molecule has 0 aliphatic rings. The van der Waals surface area contributed by atoms with E-state index in [1.54, 1.807) is 20.8 Å². The highest BCUT2D eigenvalue weighted by Crippen LogP contribution is 2.31. The van der Waals surface area contributed by atoms with E-state index in [1.807, 2.05) is 0 Å². The van der Waals surface area contributed by atoms with Crippen LogP contribution in [-0.4, -0.2) is 22.1 Å². The minimum atomic E-state index is -4.75. The van der Waals surface area contributed by atoms with Gasteiger partial charge in [0.1, 0.15) is 17.3 Å². The molecule has 1 aromatic carbocycles. The Kier molecular flexibility index (Phi) is 5.01. The van der Waals surface area contributed by atoms with Crippen molar-refractivity contribution >= 4 is 5.78 Å². The molecule has 25 heavy (non-hydrogen) atoms. The quantitative estimate of drug-likeness (QED) is 0.834. The molecule has 1 N–H and O–H groups in total. The molecule has 1 heterocycles. The molecule has 134 valence electrons. The van der Waals surface area contributed by atoms with Crippen molar-refractivity contribution in [2.24, 2.45) is 0 Å². The second kappa shape index (κ2) is 6.70. The molecule has 2 aromatic rings. The van der Waals surface area contributed by atoms with Crippen LogP contribution in [0, 0.1) is 6.92 Å². The topological polar surface area (TPSA) is 72.0 Å². The molecule has 1 aromatic heterocycles. The highest BCUT2D eigenvalue weighted by molar-refractivity contribution is 5.95.